The van der Waals surface area contributed by atoms with Gasteiger partial charge in [0, 0.05) is 21.9 Å². The minimum Gasteiger partial charge on any atom is -0.496 e. The lowest BCUT2D eigenvalue weighted by molar-refractivity contribution is 0.00749. The number of hydrogen-bond acceptors (Lipinski definition) is 4. The summed E-state index contributed by atoms with van der Waals surface area (Å²) >= 11 is 0. The molecule has 2 aromatic carbocycles. The molecule has 1 N–H and O–H groups in total. The Balaban J connectivity index is 2.44. The number of fused-ring (bicyclic) bond motifs is 2. The van der Waals surface area contributed by atoms with E-state index in [2.05, 4.69) is 0 Å². The molecule has 0 amide bonds. The fraction of sp³-hybridized carbons (Fsp3) is 0.333. The third-order valence-corrected chi connectivity index (χ3v) is 3.52. The van der Waals surface area contributed by atoms with Gasteiger partial charge in [-0.2, -0.15) is 0 Å². The average molecular weight is 260 g/mol. The van der Waals surface area contributed by atoms with Gasteiger partial charge in [0.25, 0.3) is 0 Å². The van der Waals surface area contributed by atoms with Crippen molar-refractivity contribution >= 4 is 10.8 Å². The molecule has 0 saturated heterocycles. The summed E-state index contributed by atoms with van der Waals surface area (Å²) in [5, 5.41) is 12.1. The maximum Gasteiger partial charge on any atom is 0.133 e. The van der Waals surface area contributed by atoms with Crippen LogP contribution in [0.1, 0.15) is 17.2 Å². The number of rotatable bonds is 2. The molecule has 1 aliphatic rings. The van der Waals surface area contributed by atoms with Gasteiger partial charge < -0.3 is 19.3 Å². The van der Waals surface area contributed by atoms with E-state index in [0.717, 1.165) is 27.6 Å². The summed E-state index contributed by atoms with van der Waals surface area (Å²) in [4.78, 5) is 0. The molecular weight excluding hydrogens is 244 g/mol. The quantitative estimate of drug-likeness (QED) is 0.900. The van der Waals surface area contributed by atoms with Crippen LogP contribution < -0.4 is 9.47 Å². The Labute approximate surface area is 111 Å². The minimum absolute atomic E-state index is 0.283. The van der Waals surface area contributed by atoms with Gasteiger partial charge in [-0.05, 0) is 0 Å². The summed E-state index contributed by atoms with van der Waals surface area (Å²) in [6, 6.07) is 7.86. The van der Waals surface area contributed by atoms with Gasteiger partial charge in [-0.25, -0.2) is 0 Å². The van der Waals surface area contributed by atoms with Crippen LogP contribution in [0.2, 0.25) is 0 Å². The molecule has 0 spiro atoms. The lowest BCUT2D eigenvalue weighted by Crippen LogP contribution is -2.18. The second-order valence-corrected chi connectivity index (χ2v) is 4.54. The molecule has 1 unspecified atom stereocenters. The van der Waals surface area contributed by atoms with Crippen LogP contribution in [-0.2, 0) is 11.3 Å². The first-order valence-electron chi connectivity index (χ1n) is 6.19. The number of aliphatic hydroxyl groups excluding tert-OH is 1. The third-order valence-electron chi connectivity index (χ3n) is 3.52. The van der Waals surface area contributed by atoms with Crippen molar-refractivity contribution in [1.82, 2.24) is 0 Å². The summed E-state index contributed by atoms with van der Waals surface area (Å²) < 4.78 is 16.5. The van der Waals surface area contributed by atoms with Crippen molar-refractivity contribution < 1.29 is 19.3 Å². The lowest BCUT2D eigenvalue weighted by Gasteiger charge is -2.27. The fourth-order valence-corrected chi connectivity index (χ4v) is 2.75. The largest absolute Gasteiger partial charge is 0.496 e. The molecule has 0 saturated carbocycles. The lowest BCUT2D eigenvalue weighted by atomic mass is 9.93. The zero-order valence-corrected chi connectivity index (χ0v) is 11.0. The van der Waals surface area contributed by atoms with E-state index >= 15 is 0 Å². The first kappa shape index (κ1) is 12.3. The smallest absolute Gasteiger partial charge is 0.133 e. The van der Waals surface area contributed by atoms with Crippen LogP contribution in [-0.4, -0.2) is 25.9 Å². The number of hydrogen-bond donors (Lipinski definition) is 1. The highest BCUT2D eigenvalue weighted by Crippen LogP contribution is 2.45. The molecule has 2 aromatic rings. The van der Waals surface area contributed by atoms with Gasteiger partial charge in [-0.1, -0.05) is 24.3 Å². The van der Waals surface area contributed by atoms with E-state index in [4.69, 9.17) is 14.2 Å². The van der Waals surface area contributed by atoms with E-state index in [9.17, 15) is 5.11 Å². The number of methoxy groups -OCH3 is 2. The Morgan fingerprint density at radius 3 is 2.37 bits per heavy atom. The molecule has 3 rings (SSSR count). The molecule has 1 heterocycles. The van der Waals surface area contributed by atoms with E-state index in [1.165, 1.54) is 0 Å². The Kier molecular flexibility index (Phi) is 3.05. The van der Waals surface area contributed by atoms with Gasteiger partial charge in [-0.15, -0.1) is 0 Å². The van der Waals surface area contributed by atoms with Crippen LogP contribution in [0.5, 0.6) is 11.5 Å². The highest BCUT2D eigenvalue weighted by atomic mass is 16.5. The zero-order chi connectivity index (χ0) is 13.4. The molecular formula is C15H16O4. The summed E-state index contributed by atoms with van der Waals surface area (Å²) in [7, 11) is 3.26. The van der Waals surface area contributed by atoms with E-state index in [0.29, 0.717) is 12.4 Å². The van der Waals surface area contributed by atoms with E-state index in [1.807, 2.05) is 24.3 Å². The highest BCUT2D eigenvalue weighted by molar-refractivity contribution is 5.96. The van der Waals surface area contributed by atoms with Gasteiger partial charge in [0.15, 0.2) is 0 Å². The topological polar surface area (TPSA) is 47.9 Å². The monoisotopic (exact) mass is 260 g/mol. The van der Waals surface area contributed by atoms with E-state index < -0.39 is 6.10 Å². The normalized spacial score (nSPS) is 18.2. The van der Waals surface area contributed by atoms with E-state index in [1.54, 1.807) is 14.2 Å². The molecule has 0 bridgehead atoms. The van der Waals surface area contributed by atoms with Crippen LogP contribution in [0.25, 0.3) is 10.8 Å². The Morgan fingerprint density at radius 1 is 1.11 bits per heavy atom. The summed E-state index contributed by atoms with van der Waals surface area (Å²) in [6.07, 6.45) is -0.683. The van der Waals surface area contributed by atoms with Crippen molar-refractivity contribution in [1.29, 1.82) is 0 Å². The van der Waals surface area contributed by atoms with Crippen molar-refractivity contribution in [2.75, 3.05) is 20.8 Å². The predicted molar refractivity (Wildman–Crippen MR) is 71.7 cm³/mol. The third kappa shape index (κ3) is 1.76. The molecule has 0 aliphatic carbocycles. The first-order chi connectivity index (χ1) is 9.27. The van der Waals surface area contributed by atoms with Crippen LogP contribution >= 0.6 is 0 Å². The average Bonchev–Trinajstić information content (AvgIpc) is 2.45. The van der Waals surface area contributed by atoms with E-state index in [-0.39, 0.29) is 6.61 Å². The second-order valence-electron chi connectivity index (χ2n) is 4.54. The predicted octanol–water partition coefficient (Wildman–Crippen LogP) is 2.42. The number of ether oxygens (including phenoxy) is 3. The van der Waals surface area contributed by atoms with Gasteiger partial charge in [0.1, 0.15) is 17.6 Å². The molecule has 4 heteroatoms. The van der Waals surface area contributed by atoms with Gasteiger partial charge in [0.2, 0.25) is 0 Å². The summed E-state index contributed by atoms with van der Waals surface area (Å²) in [5.74, 6) is 1.47. The first-order valence-corrected chi connectivity index (χ1v) is 6.19. The molecule has 19 heavy (non-hydrogen) atoms. The molecule has 4 nitrogen and oxygen atoms in total. The molecule has 1 aliphatic heterocycles. The van der Waals surface area contributed by atoms with Gasteiger partial charge in [0.05, 0.1) is 27.4 Å². The van der Waals surface area contributed by atoms with Crippen LogP contribution in [0.3, 0.4) is 0 Å². The minimum atomic E-state index is -0.683. The van der Waals surface area contributed by atoms with Crippen LogP contribution in [0.4, 0.5) is 0 Å². The van der Waals surface area contributed by atoms with Crippen molar-refractivity contribution in [3.8, 4) is 11.5 Å². The SMILES string of the molecule is COc1c2c(c(OC)c3ccccc13)C(O)COC2. The molecule has 0 aromatic heterocycles. The van der Waals surface area contributed by atoms with Crippen molar-refractivity contribution in [3.63, 3.8) is 0 Å². The van der Waals surface area contributed by atoms with Crippen LogP contribution in [0, 0.1) is 0 Å². The molecule has 1 atom stereocenters. The van der Waals surface area contributed by atoms with Crippen molar-refractivity contribution in [3.05, 3.63) is 35.4 Å². The maximum atomic E-state index is 10.2. The fourth-order valence-electron chi connectivity index (χ4n) is 2.75. The zero-order valence-electron chi connectivity index (χ0n) is 11.0. The van der Waals surface area contributed by atoms with Crippen molar-refractivity contribution in [2.45, 2.75) is 12.7 Å². The maximum absolute atomic E-state index is 10.2. The van der Waals surface area contributed by atoms with Gasteiger partial charge in [-0.3, -0.25) is 0 Å². The highest BCUT2D eigenvalue weighted by Gasteiger charge is 2.28. The Morgan fingerprint density at radius 2 is 1.74 bits per heavy atom. The van der Waals surface area contributed by atoms with Crippen molar-refractivity contribution in [2.24, 2.45) is 0 Å². The van der Waals surface area contributed by atoms with Gasteiger partial charge >= 0.3 is 0 Å². The summed E-state index contributed by atoms with van der Waals surface area (Å²) in [6.45, 7) is 0.710. The molecule has 0 radical (unpaired) electrons. The summed E-state index contributed by atoms with van der Waals surface area (Å²) in [5.41, 5.74) is 1.65. The Hall–Kier alpha value is -1.78. The molecule has 0 fully saturated rings. The second kappa shape index (κ2) is 4.72. The standard InChI is InChI=1S/C15H16O4/c1-17-14-9-5-3-4-6-10(9)15(18-2)13-11(14)7-19-8-12(13)16/h3-6,12,16H,7-8H2,1-2H3. The van der Waals surface area contributed by atoms with Crippen LogP contribution in [0.15, 0.2) is 24.3 Å². The number of benzene rings is 2. The Bertz CT molecular complexity index is 621. The number of aliphatic hydroxyl groups is 1. The molecule has 100 valence electrons.